The fraction of sp³-hybridized carbons (Fsp3) is 0.222. The van der Waals surface area contributed by atoms with Crippen LogP contribution in [0, 0.1) is 0 Å². The minimum atomic E-state index is -3.01. The molecule has 6 nitrogen and oxygen atoms in total. The molecule has 0 aromatic heterocycles. The first-order valence-electron chi connectivity index (χ1n) is 7.78. The van der Waals surface area contributed by atoms with Crippen molar-refractivity contribution in [2.75, 3.05) is 12.4 Å². The van der Waals surface area contributed by atoms with Crippen molar-refractivity contribution in [3.05, 3.63) is 54.1 Å². The van der Waals surface area contributed by atoms with Crippen molar-refractivity contribution < 1.29 is 27.9 Å². The third-order valence-corrected chi connectivity index (χ3v) is 3.74. The van der Waals surface area contributed by atoms with Gasteiger partial charge in [-0.05, 0) is 17.7 Å². The maximum absolute atomic E-state index is 12.5. The fourth-order valence-corrected chi connectivity index (χ4v) is 2.50. The highest BCUT2D eigenvalue weighted by molar-refractivity contribution is 6.43. The monoisotopic (exact) mass is 362 g/mol. The molecule has 0 saturated heterocycles. The van der Waals surface area contributed by atoms with Crippen molar-refractivity contribution in [1.82, 2.24) is 0 Å². The summed E-state index contributed by atoms with van der Waals surface area (Å²) in [6, 6.07) is 13.6. The van der Waals surface area contributed by atoms with Crippen LogP contribution in [0.2, 0.25) is 0 Å². The number of carbonyl (C=O) groups is 1. The molecule has 1 unspecified atom stereocenters. The summed E-state index contributed by atoms with van der Waals surface area (Å²) in [5.41, 5.74) is 1.40. The van der Waals surface area contributed by atoms with Crippen molar-refractivity contribution >= 4 is 17.3 Å². The van der Waals surface area contributed by atoms with Gasteiger partial charge >= 0.3 is 6.61 Å². The molecule has 0 bridgehead atoms. The Hall–Kier alpha value is -3.16. The molecule has 3 rings (SSSR count). The third-order valence-electron chi connectivity index (χ3n) is 3.74. The second kappa shape index (κ2) is 7.81. The highest BCUT2D eigenvalue weighted by atomic mass is 19.3. The number of alkyl halides is 2. The average molecular weight is 362 g/mol. The number of oxime groups is 1. The Labute approximate surface area is 148 Å². The molecule has 2 aromatic rings. The van der Waals surface area contributed by atoms with Crippen LogP contribution in [0.15, 0.2) is 53.7 Å². The zero-order chi connectivity index (χ0) is 18.5. The SMILES string of the molecule is COc1ccc(NC(=O)C2=NOC(c3ccccc3)C2)cc1OC(F)F. The first-order valence-corrected chi connectivity index (χ1v) is 7.78. The zero-order valence-electron chi connectivity index (χ0n) is 13.8. The quantitative estimate of drug-likeness (QED) is 0.850. The van der Waals surface area contributed by atoms with Crippen LogP contribution < -0.4 is 14.8 Å². The number of carbonyl (C=O) groups excluding carboxylic acids is 1. The summed E-state index contributed by atoms with van der Waals surface area (Å²) in [6.45, 7) is -3.01. The zero-order valence-corrected chi connectivity index (χ0v) is 13.8. The maximum Gasteiger partial charge on any atom is 0.387 e. The lowest BCUT2D eigenvalue weighted by Crippen LogP contribution is -2.22. The lowest BCUT2D eigenvalue weighted by Gasteiger charge is -2.12. The van der Waals surface area contributed by atoms with Gasteiger partial charge in [-0.2, -0.15) is 8.78 Å². The van der Waals surface area contributed by atoms with Gasteiger partial charge in [0.15, 0.2) is 17.6 Å². The minimum Gasteiger partial charge on any atom is -0.493 e. The topological polar surface area (TPSA) is 69.2 Å². The Morgan fingerprint density at radius 1 is 1.23 bits per heavy atom. The van der Waals surface area contributed by atoms with Gasteiger partial charge in [0.1, 0.15) is 5.71 Å². The van der Waals surface area contributed by atoms with Crippen molar-refractivity contribution in [3.63, 3.8) is 0 Å². The average Bonchev–Trinajstić information content (AvgIpc) is 3.12. The van der Waals surface area contributed by atoms with Crippen molar-refractivity contribution in [3.8, 4) is 11.5 Å². The van der Waals surface area contributed by atoms with E-state index in [-0.39, 0.29) is 29.0 Å². The fourth-order valence-electron chi connectivity index (χ4n) is 2.50. The summed E-state index contributed by atoms with van der Waals surface area (Å²) in [7, 11) is 1.33. The van der Waals surface area contributed by atoms with Crippen LogP contribution in [0.4, 0.5) is 14.5 Å². The molecule has 0 spiro atoms. The van der Waals surface area contributed by atoms with Crippen LogP contribution >= 0.6 is 0 Å². The van der Waals surface area contributed by atoms with E-state index in [1.54, 1.807) is 0 Å². The standard InChI is InChI=1S/C18H16F2N2O4/c1-24-14-8-7-12(9-16(14)25-18(19)20)21-17(23)13-10-15(26-22-13)11-5-3-2-4-6-11/h2-9,15,18H,10H2,1H3,(H,21,23). The molecule has 1 atom stereocenters. The highest BCUT2D eigenvalue weighted by Crippen LogP contribution is 2.32. The van der Waals surface area contributed by atoms with Gasteiger partial charge in [-0.1, -0.05) is 35.5 Å². The molecule has 26 heavy (non-hydrogen) atoms. The van der Waals surface area contributed by atoms with E-state index in [1.807, 2.05) is 30.3 Å². The number of hydrogen-bond donors (Lipinski definition) is 1. The molecule has 0 fully saturated rings. The van der Waals surface area contributed by atoms with E-state index in [0.29, 0.717) is 6.42 Å². The number of benzene rings is 2. The molecule has 1 N–H and O–H groups in total. The van der Waals surface area contributed by atoms with Gasteiger partial charge in [-0.15, -0.1) is 0 Å². The molecular formula is C18H16F2N2O4. The van der Waals surface area contributed by atoms with Crippen LogP contribution in [0.5, 0.6) is 11.5 Å². The Balaban J connectivity index is 1.67. The molecule has 8 heteroatoms. The van der Waals surface area contributed by atoms with E-state index in [0.717, 1.165) is 5.56 Å². The molecule has 0 radical (unpaired) electrons. The summed E-state index contributed by atoms with van der Waals surface area (Å²) in [6.07, 6.45) is -0.0163. The van der Waals surface area contributed by atoms with E-state index >= 15 is 0 Å². The summed E-state index contributed by atoms with van der Waals surface area (Å²) in [4.78, 5) is 17.6. The van der Waals surface area contributed by atoms with Crippen LogP contribution in [-0.4, -0.2) is 25.3 Å². The summed E-state index contributed by atoms with van der Waals surface area (Å²) in [5, 5.41) is 6.41. The molecule has 136 valence electrons. The minimum absolute atomic E-state index is 0.133. The van der Waals surface area contributed by atoms with Crippen LogP contribution in [0.25, 0.3) is 0 Å². The predicted octanol–water partition coefficient (Wildman–Crippen LogP) is 3.75. The highest BCUT2D eigenvalue weighted by Gasteiger charge is 2.27. The first kappa shape index (κ1) is 17.7. The molecule has 1 aliphatic rings. The van der Waals surface area contributed by atoms with Gasteiger partial charge in [0.25, 0.3) is 5.91 Å². The lowest BCUT2D eigenvalue weighted by atomic mass is 10.0. The number of ether oxygens (including phenoxy) is 2. The molecule has 2 aromatic carbocycles. The molecule has 1 aliphatic heterocycles. The smallest absolute Gasteiger partial charge is 0.387 e. The second-order valence-corrected chi connectivity index (χ2v) is 5.45. The van der Waals surface area contributed by atoms with Gasteiger partial charge in [0.05, 0.1) is 7.11 Å². The number of halogens is 2. The van der Waals surface area contributed by atoms with Crippen molar-refractivity contribution in [2.45, 2.75) is 19.1 Å². The predicted molar refractivity (Wildman–Crippen MR) is 90.6 cm³/mol. The summed E-state index contributed by atoms with van der Waals surface area (Å²) in [5.74, 6) is -0.516. The maximum atomic E-state index is 12.5. The van der Waals surface area contributed by atoms with E-state index < -0.39 is 12.5 Å². The van der Waals surface area contributed by atoms with E-state index in [4.69, 9.17) is 9.57 Å². The van der Waals surface area contributed by atoms with Gasteiger partial charge in [0, 0.05) is 18.2 Å². The number of rotatable bonds is 6. The number of hydrogen-bond acceptors (Lipinski definition) is 5. The summed E-state index contributed by atoms with van der Waals surface area (Å²) >= 11 is 0. The molecule has 1 amide bonds. The third kappa shape index (κ3) is 4.08. The largest absolute Gasteiger partial charge is 0.493 e. The second-order valence-electron chi connectivity index (χ2n) is 5.45. The van der Waals surface area contributed by atoms with Crippen LogP contribution in [-0.2, 0) is 9.63 Å². The van der Waals surface area contributed by atoms with E-state index in [2.05, 4.69) is 15.2 Å². The van der Waals surface area contributed by atoms with Crippen molar-refractivity contribution in [2.24, 2.45) is 5.16 Å². The molecular weight excluding hydrogens is 346 g/mol. The Morgan fingerprint density at radius 2 is 2.00 bits per heavy atom. The number of methoxy groups -OCH3 is 1. The number of amides is 1. The van der Waals surface area contributed by atoms with Crippen LogP contribution in [0.3, 0.4) is 0 Å². The normalized spacial score (nSPS) is 16.0. The molecule has 0 aliphatic carbocycles. The summed E-state index contributed by atoms with van der Waals surface area (Å²) < 4.78 is 34.3. The van der Waals surface area contributed by atoms with Gasteiger partial charge < -0.3 is 19.6 Å². The Morgan fingerprint density at radius 3 is 2.69 bits per heavy atom. The Bertz CT molecular complexity index is 812. The molecule has 1 heterocycles. The number of nitrogens with one attached hydrogen (secondary N) is 1. The first-order chi connectivity index (χ1) is 12.6. The van der Waals surface area contributed by atoms with E-state index in [1.165, 1.54) is 25.3 Å². The van der Waals surface area contributed by atoms with Gasteiger partial charge in [-0.25, -0.2) is 0 Å². The van der Waals surface area contributed by atoms with Gasteiger partial charge in [-0.3, -0.25) is 4.79 Å². The number of anilines is 1. The number of nitrogens with zero attached hydrogens (tertiary/aromatic N) is 1. The van der Waals surface area contributed by atoms with Crippen molar-refractivity contribution in [1.29, 1.82) is 0 Å². The van der Waals surface area contributed by atoms with E-state index in [9.17, 15) is 13.6 Å². The lowest BCUT2D eigenvalue weighted by molar-refractivity contribution is -0.110. The van der Waals surface area contributed by atoms with Gasteiger partial charge in [0.2, 0.25) is 0 Å². The molecule has 0 saturated carbocycles. The van der Waals surface area contributed by atoms with Crippen LogP contribution in [0.1, 0.15) is 18.1 Å². The Kier molecular flexibility index (Phi) is 5.31.